The van der Waals surface area contributed by atoms with Gasteiger partial charge in [0, 0.05) is 12.0 Å². The van der Waals surface area contributed by atoms with E-state index in [9.17, 15) is 4.79 Å². The predicted octanol–water partition coefficient (Wildman–Crippen LogP) is 1.81. The van der Waals surface area contributed by atoms with Crippen LogP contribution < -0.4 is 0 Å². The first-order valence-electron chi connectivity index (χ1n) is 5.01. The molecule has 0 amide bonds. The van der Waals surface area contributed by atoms with Crippen LogP contribution in [0.2, 0.25) is 0 Å². The molecule has 0 aliphatic carbocycles. The zero-order chi connectivity index (χ0) is 10.7. The van der Waals surface area contributed by atoms with Crippen LogP contribution in [0.15, 0.2) is 35.3 Å². The van der Waals surface area contributed by atoms with E-state index < -0.39 is 0 Å². The molecule has 0 fully saturated rings. The summed E-state index contributed by atoms with van der Waals surface area (Å²) >= 11 is 0. The van der Waals surface area contributed by atoms with Crippen LogP contribution in [0.25, 0.3) is 0 Å². The van der Waals surface area contributed by atoms with Crippen LogP contribution in [0.1, 0.15) is 18.9 Å². The summed E-state index contributed by atoms with van der Waals surface area (Å²) < 4.78 is 5.45. The molecule has 1 aliphatic rings. The third-order valence-electron chi connectivity index (χ3n) is 2.26. The molecule has 1 heterocycles. The molecule has 3 nitrogen and oxygen atoms in total. The van der Waals surface area contributed by atoms with Gasteiger partial charge in [-0.2, -0.15) is 0 Å². The van der Waals surface area contributed by atoms with Crippen molar-refractivity contribution in [3.05, 3.63) is 35.9 Å². The van der Waals surface area contributed by atoms with Gasteiger partial charge >= 0.3 is 0 Å². The molecule has 1 atom stereocenters. The monoisotopic (exact) mass is 203 g/mol. The van der Waals surface area contributed by atoms with Crippen LogP contribution >= 0.6 is 0 Å². The van der Waals surface area contributed by atoms with E-state index in [2.05, 4.69) is 4.99 Å². The smallest absolute Gasteiger partial charge is 0.216 e. The van der Waals surface area contributed by atoms with Crippen LogP contribution in [0.4, 0.5) is 0 Å². The number of Topliss-reactive ketones (excluding diaryl/α,β-unsaturated/α-hetero) is 1. The molecule has 0 N–H and O–H groups in total. The number of benzene rings is 1. The summed E-state index contributed by atoms with van der Waals surface area (Å²) in [5.41, 5.74) is 0.976. The first kappa shape index (κ1) is 9.90. The second-order valence-electron chi connectivity index (χ2n) is 3.67. The average molecular weight is 203 g/mol. The van der Waals surface area contributed by atoms with Gasteiger partial charge < -0.3 is 4.74 Å². The zero-order valence-corrected chi connectivity index (χ0v) is 8.64. The summed E-state index contributed by atoms with van der Waals surface area (Å²) in [6.45, 7) is 2.10. The highest BCUT2D eigenvalue weighted by Crippen LogP contribution is 2.14. The summed E-state index contributed by atoms with van der Waals surface area (Å²) in [5.74, 6) is 0.809. The summed E-state index contributed by atoms with van der Waals surface area (Å²) in [4.78, 5) is 15.3. The minimum Gasteiger partial charge on any atom is -0.475 e. The Morgan fingerprint density at radius 1 is 1.47 bits per heavy atom. The average Bonchev–Trinajstić information content (AvgIpc) is 2.67. The maximum atomic E-state index is 10.9. The van der Waals surface area contributed by atoms with E-state index in [4.69, 9.17) is 4.74 Å². The predicted molar refractivity (Wildman–Crippen MR) is 58.0 cm³/mol. The van der Waals surface area contributed by atoms with Gasteiger partial charge in [0.05, 0.1) is 6.04 Å². The Morgan fingerprint density at radius 2 is 2.20 bits per heavy atom. The van der Waals surface area contributed by atoms with Gasteiger partial charge in [0.2, 0.25) is 5.90 Å². The molecule has 0 bridgehead atoms. The molecule has 1 aromatic rings. The van der Waals surface area contributed by atoms with E-state index in [0.29, 0.717) is 18.9 Å². The van der Waals surface area contributed by atoms with Crippen molar-refractivity contribution in [1.82, 2.24) is 0 Å². The molecule has 0 spiro atoms. The van der Waals surface area contributed by atoms with Crippen LogP contribution in [-0.4, -0.2) is 24.3 Å². The van der Waals surface area contributed by atoms with E-state index in [0.717, 1.165) is 5.56 Å². The van der Waals surface area contributed by atoms with E-state index >= 15 is 0 Å². The minimum atomic E-state index is -0.00212. The molecule has 0 saturated carbocycles. The van der Waals surface area contributed by atoms with Gasteiger partial charge in [0.15, 0.2) is 0 Å². The van der Waals surface area contributed by atoms with Crippen LogP contribution in [0.5, 0.6) is 0 Å². The number of ketones is 1. The molecule has 1 aromatic carbocycles. The Kier molecular flexibility index (Phi) is 2.81. The Labute approximate surface area is 88.8 Å². The zero-order valence-electron chi connectivity index (χ0n) is 8.64. The van der Waals surface area contributed by atoms with Crippen LogP contribution in [-0.2, 0) is 9.53 Å². The number of hydrogen-bond acceptors (Lipinski definition) is 3. The van der Waals surface area contributed by atoms with Gasteiger partial charge in [0.25, 0.3) is 0 Å². The van der Waals surface area contributed by atoms with Crippen LogP contribution in [0.3, 0.4) is 0 Å². The Hall–Kier alpha value is -1.64. The van der Waals surface area contributed by atoms with Crippen molar-refractivity contribution in [2.45, 2.75) is 19.4 Å². The normalized spacial score (nSPS) is 19.5. The number of hydrogen-bond donors (Lipinski definition) is 0. The van der Waals surface area contributed by atoms with Gasteiger partial charge in [0.1, 0.15) is 12.4 Å². The SMILES string of the molecule is CC(=O)CC1COC(c2ccccc2)=N1. The highest BCUT2D eigenvalue weighted by Gasteiger charge is 2.20. The highest BCUT2D eigenvalue weighted by molar-refractivity contribution is 5.95. The van der Waals surface area contributed by atoms with Gasteiger partial charge in [-0.25, -0.2) is 4.99 Å². The van der Waals surface area contributed by atoms with Crippen molar-refractivity contribution >= 4 is 11.7 Å². The third kappa shape index (κ3) is 2.43. The molecule has 0 aromatic heterocycles. The lowest BCUT2D eigenvalue weighted by atomic mass is 10.2. The molecule has 1 unspecified atom stereocenters. The number of rotatable bonds is 3. The maximum Gasteiger partial charge on any atom is 0.216 e. The van der Waals surface area contributed by atoms with Gasteiger partial charge in [-0.1, -0.05) is 18.2 Å². The number of carbonyl (C=O) groups is 1. The number of nitrogens with zero attached hydrogens (tertiary/aromatic N) is 1. The van der Waals surface area contributed by atoms with Crippen molar-refractivity contribution in [2.24, 2.45) is 4.99 Å². The van der Waals surface area contributed by atoms with Crippen molar-refractivity contribution in [2.75, 3.05) is 6.61 Å². The summed E-state index contributed by atoms with van der Waals surface area (Å²) in [6, 6.07) is 9.74. The van der Waals surface area contributed by atoms with E-state index in [1.54, 1.807) is 6.92 Å². The number of ether oxygens (including phenoxy) is 1. The fourth-order valence-corrected chi connectivity index (χ4v) is 1.59. The fraction of sp³-hybridized carbons (Fsp3) is 0.333. The van der Waals surface area contributed by atoms with Crippen LogP contribution in [0, 0.1) is 0 Å². The van der Waals surface area contributed by atoms with Crippen molar-refractivity contribution in [1.29, 1.82) is 0 Å². The minimum absolute atomic E-state index is 0.00212. The first-order chi connectivity index (χ1) is 7.25. The molecular weight excluding hydrogens is 190 g/mol. The molecule has 0 radical (unpaired) electrons. The summed E-state index contributed by atoms with van der Waals surface area (Å²) in [6.07, 6.45) is 0.469. The highest BCUT2D eigenvalue weighted by atomic mass is 16.5. The molecule has 1 aliphatic heterocycles. The molecule has 2 rings (SSSR count). The molecule has 0 saturated heterocycles. The fourth-order valence-electron chi connectivity index (χ4n) is 1.59. The topological polar surface area (TPSA) is 38.7 Å². The molecular formula is C12H13NO2. The van der Waals surface area contributed by atoms with E-state index in [-0.39, 0.29) is 11.8 Å². The second-order valence-corrected chi connectivity index (χ2v) is 3.67. The Balaban J connectivity index is 2.10. The maximum absolute atomic E-state index is 10.9. The lowest BCUT2D eigenvalue weighted by Gasteiger charge is -1.99. The van der Waals surface area contributed by atoms with Crippen molar-refractivity contribution < 1.29 is 9.53 Å². The van der Waals surface area contributed by atoms with Crippen molar-refractivity contribution in [3.8, 4) is 0 Å². The number of aliphatic imine (C=N–C) groups is 1. The lowest BCUT2D eigenvalue weighted by molar-refractivity contribution is -0.117. The van der Waals surface area contributed by atoms with Gasteiger partial charge in [-0.15, -0.1) is 0 Å². The van der Waals surface area contributed by atoms with Gasteiger partial charge in [-0.3, -0.25) is 4.79 Å². The molecule has 15 heavy (non-hydrogen) atoms. The standard InChI is InChI=1S/C12H13NO2/c1-9(14)7-11-8-15-12(13-11)10-5-3-2-4-6-10/h2-6,11H,7-8H2,1H3. The Morgan fingerprint density at radius 3 is 2.87 bits per heavy atom. The van der Waals surface area contributed by atoms with E-state index in [1.165, 1.54) is 0 Å². The van der Waals surface area contributed by atoms with Gasteiger partial charge in [-0.05, 0) is 19.1 Å². The van der Waals surface area contributed by atoms with E-state index in [1.807, 2.05) is 30.3 Å². The number of carbonyl (C=O) groups excluding carboxylic acids is 1. The Bertz CT molecular complexity index is 384. The van der Waals surface area contributed by atoms with Crippen molar-refractivity contribution in [3.63, 3.8) is 0 Å². The molecule has 78 valence electrons. The third-order valence-corrected chi connectivity index (χ3v) is 2.26. The summed E-state index contributed by atoms with van der Waals surface area (Å²) in [7, 11) is 0. The largest absolute Gasteiger partial charge is 0.475 e. The molecule has 3 heteroatoms. The first-order valence-corrected chi connectivity index (χ1v) is 5.01. The summed E-state index contributed by atoms with van der Waals surface area (Å²) in [5, 5.41) is 0. The lowest BCUT2D eigenvalue weighted by Crippen LogP contribution is -2.10. The quantitative estimate of drug-likeness (QED) is 0.751. The second kappa shape index (κ2) is 4.26.